The van der Waals surface area contributed by atoms with E-state index in [1.807, 2.05) is 19.8 Å². The van der Waals surface area contributed by atoms with Gasteiger partial charge in [-0.05, 0) is 0 Å². The van der Waals surface area contributed by atoms with Crippen molar-refractivity contribution in [2.75, 3.05) is 5.43 Å². The number of anilines is 1. The third-order valence-corrected chi connectivity index (χ3v) is 1.78. The van der Waals surface area contributed by atoms with E-state index in [2.05, 4.69) is 22.0 Å². The summed E-state index contributed by atoms with van der Waals surface area (Å²) in [5, 5.41) is 0. The first-order chi connectivity index (χ1) is 8.30. The number of rotatable bonds is 6. The van der Waals surface area contributed by atoms with Gasteiger partial charge in [0.05, 0.1) is 0 Å². The fraction of sp³-hybridized carbons (Fsp3) is 0.182. The zero-order valence-electron chi connectivity index (χ0n) is 9.76. The van der Waals surface area contributed by atoms with Crippen LogP contribution in [0.5, 0.6) is 5.88 Å². The van der Waals surface area contributed by atoms with Gasteiger partial charge in [-0.25, -0.2) is 0 Å². The molecule has 1 aromatic rings. The first kappa shape index (κ1) is 13.1. The fourth-order valence-corrected chi connectivity index (χ4v) is 1.06. The molecule has 0 aromatic carbocycles. The molecule has 88 valence electrons. The monoisotopic (exact) mass is 230 g/mol. The van der Waals surface area contributed by atoms with Gasteiger partial charge < -0.3 is 0 Å². The van der Waals surface area contributed by atoms with Crippen molar-refractivity contribution in [2.24, 2.45) is 5.84 Å². The Kier molecular flexibility index (Phi) is 5.67. The van der Waals surface area contributed by atoms with Crippen LogP contribution in [0.2, 0.25) is 6.32 Å². The summed E-state index contributed by atoms with van der Waals surface area (Å²) in [5.74, 6) is 8.45. The third kappa shape index (κ3) is 4.61. The van der Waals surface area contributed by atoms with Crippen molar-refractivity contribution in [3.63, 3.8) is 0 Å². The van der Waals surface area contributed by atoms with Crippen LogP contribution < -0.4 is 16.0 Å². The van der Waals surface area contributed by atoms with E-state index in [4.69, 9.17) is 10.6 Å². The summed E-state index contributed by atoms with van der Waals surface area (Å²) in [6, 6.07) is 1.65. The van der Waals surface area contributed by atoms with E-state index < -0.39 is 0 Å². The molecule has 0 aliphatic heterocycles. The van der Waals surface area contributed by atoms with Gasteiger partial charge in [0.25, 0.3) is 0 Å². The molecular formula is C11H15BN4O. The molecule has 0 atom stereocenters. The van der Waals surface area contributed by atoms with Gasteiger partial charge in [-0.2, -0.15) is 0 Å². The van der Waals surface area contributed by atoms with Crippen LogP contribution in [0.1, 0.15) is 6.92 Å². The first-order valence-corrected chi connectivity index (χ1v) is 5.27. The number of nitrogens with one attached hydrogen (secondary N) is 1. The van der Waals surface area contributed by atoms with Gasteiger partial charge in [-0.1, -0.05) is 0 Å². The summed E-state index contributed by atoms with van der Waals surface area (Å²) in [4.78, 5) is 7.93. The van der Waals surface area contributed by atoms with Crippen LogP contribution in [-0.4, -0.2) is 22.9 Å². The molecule has 0 spiro atoms. The average Bonchev–Trinajstić information content (AvgIpc) is 2.36. The second kappa shape index (κ2) is 7.35. The second-order valence-electron chi connectivity index (χ2n) is 3.08. The first-order valence-electron chi connectivity index (χ1n) is 5.27. The van der Waals surface area contributed by atoms with Crippen molar-refractivity contribution in [3.05, 3.63) is 36.8 Å². The number of hydrogen-bond acceptors (Lipinski definition) is 5. The van der Waals surface area contributed by atoms with Gasteiger partial charge in [-0.15, -0.1) is 0 Å². The molecule has 0 bridgehead atoms. The van der Waals surface area contributed by atoms with Crippen molar-refractivity contribution in [2.45, 2.75) is 13.2 Å². The van der Waals surface area contributed by atoms with Gasteiger partial charge in [0.1, 0.15) is 0 Å². The van der Waals surface area contributed by atoms with E-state index in [1.165, 1.54) is 0 Å². The van der Waals surface area contributed by atoms with Crippen LogP contribution in [0.4, 0.5) is 5.95 Å². The Morgan fingerprint density at radius 3 is 3.18 bits per heavy atom. The molecule has 1 rings (SSSR count). The number of nitrogens with zero attached hydrogens (tertiary/aromatic N) is 2. The Morgan fingerprint density at radius 2 is 2.53 bits per heavy atom. The average molecular weight is 230 g/mol. The summed E-state index contributed by atoms with van der Waals surface area (Å²) in [6.45, 7) is 7.66. The number of hydrazine groups is 1. The molecule has 5 nitrogen and oxygen atoms in total. The molecule has 0 aliphatic rings. The Labute approximate surface area is 101 Å². The van der Waals surface area contributed by atoms with Gasteiger partial charge in [0.2, 0.25) is 0 Å². The summed E-state index contributed by atoms with van der Waals surface area (Å²) >= 11 is 0. The Bertz CT molecular complexity index is 431. The van der Waals surface area contributed by atoms with Crippen LogP contribution in [0.3, 0.4) is 0 Å². The Hall–Kier alpha value is -1.95. The minimum absolute atomic E-state index is 0.305. The van der Waals surface area contributed by atoms with Gasteiger partial charge in [0, 0.05) is 0 Å². The van der Waals surface area contributed by atoms with E-state index >= 15 is 0 Å². The van der Waals surface area contributed by atoms with E-state index in [9.17, 15) is 0 Å². The molecule has 1 aromatic heterocycles. The SMILES string of the molecule is C=C/C=C(\C=BCC)Oc1ccnc(NN)n1. The van der Waals surface area contributed by atoms with Crippen molar-refractivity contribution in [1.29, 1.82) is 0 Å². The molecule has 0 amide bonds. The van der Waals surface area contributed by atoms with Gasteiger partial charge >= 0.3 is 101 Å². The zero-order chi connectivity index (χ0) is 12.5. The van der Waals surface area contributed by atoms with Gasteiger partial charge in [0.15, 0.2) is 0 Å². The maximum atomic E-state index is 5.56. The van der Waals surface area contributed by atoms with Gasteiger partial charge in [-0.3, -0.25) is 0 Å². The van der Waals surface area contributed by atoms with Crippen molar-refractivity contribution in [1.82, 2.24) is 9.97 Å². The quantitative estimate of drug-likeness (QED) is 0.252. The normalized spacial score (nSPS) is 11.1. The standard InChI is InChI=1S/C11H15BN4O/c1-3-5-9(8-12-4-2)17-10-6-7-14-11(15-10)16-13/h3,5-8H,1,4,13H2,2H3,(H,14,15,16)/b9-5+. The molecule has 0 radical (unpaired) electrons. The number of aromatic nitrogens is 2. The molecule has 17 heavy (non-hydrogen) atoms. The molecule has 1 heterocycles. The molecule has 6 heteroatoms. The number of ether oxygens (including phenoxy) is 1. The Balaban J connectivity index is 2.82. The predicted molar refractivity (Wildman–Crippen MR) is 71.0 cm³/mol. The summed E-state index contributed by atoms with van der Waals surface area (Å²) in [6.07, 6.45) is 5.90. The number of nitrogens with two attached hydrogens (primary N) is 1. The van der Waals surface area contributed by atoms with Crippen LogP contribution in [0, 0.1) is 0 Å². The van der Waals surface area contributed by atoms with Crippen molar-refractivity contribution in [3.8, 4) is 5.88 Å². The second-order valence-corrected chi connectivity index (χ2v) is 3.08. The van der Waals surface area contributed by atoms with E-state index in [-0.39, 0.29) is 0 Å². The summed E-state index contributed by atoms with van der Waals surface area (Å²) in [5.41, 5.74) is 2.36. The molecule has 0 saturated heterocycles. The fourth-order valence-electron chi connectivity index (χ4n) is 1.06. The van der Waals surface area contributed by atoms with Crippen LogP contribution in [0.15, 0.2) is 36.8 Å². The minimum atomic E-state index is 0.305. The van der Waals surface area contributed by atoms with E-state index in [1.54, 1.807) is 24.4 Å². The molecule has 0 unspecified atom stereocenters. The molecule has 0 fully saturated rings. The topological polar surface area (TPSA) is 73.1 Å². The molecule has 0 aliphatic carbocycles. The zero-order valence-corrected chi connectivity index (χ0v) is 9.76. The summed E-state index contributed by atoms with van der Waals surface area (Å²) in [7, 11) is 0. The van der Waals surface area contributed by atoms with E-state index in [0.717, 1.165) is 6.32 Å². The number of allylic oxidation sites excluding steroid dienone is 3. The van der Waals surface area contributed by atoms with Crippen LogP contribution in [0.25, 0.3) is 0 Å². The molecule has 0 saturated carbocycles. The molecular weight excluding hydrogens is 215 g/mol. The van der Waals surface area contributed by atoms with E-state index in [0.29, 0.717) is 17.6 Å². The van der Waals surface area contributed by atoms with Crippen molar-refractivity contribution < 1.29 is 4.74 Å². The summed E-state index contributed by atoms with van der Waals surface area (Å²) < 4.78 is 5.56. The van der Waals surface area contributed by atoms with Crippen molar-refractivity contribution >= 4 is 18.8 Å². The maximum absolute atomic E-state index is 5.56. The number of hydrogen-bond donors (Lipinski definition) is 2. The number of nitrogen functional groups attached to an aromatic ring is 1. The van der Waals surface area contributed by atoms with Crippen LogP contribution >= 0.6 is 0 Å². The Morgan fingerprint density at radius 1 is 1.71 bits per heavy atom. The predicted octanol–water partition coefficient (Wildman–Crippen LogP) is 1.16. The van der Waals surface area contributed by atoms with Crippen LogP contribution in [-0.2, 0) is 0 Å². The third-order valence-electron chi connectivity index (χ3n) is 1.78. The molecule has 3 N–H and O–H groups in total.